The minimum absolute atomic E-state index is 0.00281. The number of halogens is 1. The first-order chi connectivity index (χ1) is 17.9. The molecule has 3 aromatic rings. The predicted molar refractivity (Wildman–Crippen MR) is 143 cm³/mol. The highest BCUT2D eigenvalue weighted by atomic mass is 32.2. The van der Waals surface area contributed by atoms with Crippen LogP contribution in [0.1, 0.15) is 24.8 Å². The van der Waals surface area contributed by atoms with E-state index in [1.807, 2.05) is 36.4 Å². The van der Waals surface area contributed by atoms with Gasteiger partial charge in [-0.15, -0.1) is 5.10 Å². The maximum atomic E-state index is 14.5. The zero-order chi connectivity index (χ0) is 25.8. The molecular weight excluding hydrogens is 491 g/mol. The van der Waals surface area contributed by atoms with Crippen molar-refractivity contribution in [3.05, 3.63) is 59.9 Å². The Bertz CT molecular complexity index is 1380. The van der Waals surface area contributed by atoms with Crippen molar-refractivity contribution in [2.24, 2.45) is 5.92 Å². The fraction of sp³-hybridized carbons (Fsp3) is 0.407. The maximum Gasteiger partial charge on any atom is 0.153 e. The first-order valence-electron chi connectivity index (χ1n) is 12.7. The number of aromatic nitrogens is 2. The Hall–Kier alpha value is -3.42. The Morgan fingerprint density at radius 1 is 1.05 bits per heavy atom. The van der Waals surface area contributed by atoms with Gasteiger partial charge in [-0.25, -0.2) is 17.5 Å². The third kappa shape index (κ3) is 5.95. The van der Waals surface area contributed by atoms with Gasteiger partial charge in [0, 0.05) is 37.0 Å². The fourth-order valence-corrected chi connectivity index (χ4v) is 6.16. The second-order valence-electron chi connectivity index (χ2n) is 9.72. The molecule has 8 nitrogen and oxygen atoms in total. The van der Waals surface area contributed by atoms with Gasteiger partial charge in [0.25, 0.3) is 0 Å². The average molecular weight is 523 g/mol. The van der Waals surface area contributed by atoms with Crippen LogP contribution in [0.25, 0.3) is 16.9 Å². The van der Waals surface area contributed by atoms with Gasteiger partial charge >= 0.3 is 0 Å². The fourth-order valence-electron chi connectivity index (χ4n) is 4.95. The van der Waals surface area contributed by atoms with Gasteiger partial charge in [-0.1, -0.05) is 6.07 Å². The molecule has 0 saturated carbocycles. The van der Waals surface area contributed by atoms with Gasteiger partial charge in [-0.3, -0.25) is 0 Å². The van der Waals surface area contributed by atoms with Crippen LogP contribution in [0.4, 0.5) is 15.9 Å². The number of rotatable bonds is 6. The summed E-state index contributed by atoms with van der Waals surface area (Å²) in [6.45, 7) is 3.85. The zero-order valence-electron chi connectivity index (χ0n) is 20.7. The molecule has 194 valence electrons. The van der Waals surface area contributed by atoms with Crippen molar-refractivity contribution in [1.82, 2.24) is 15.1 Å². The first-order valence-corrected chi connectivity index (χ1v) is 14.5. The number of anilines is 2. The van der Waals surface area contributed by atoms with Crippen LogP contribution < -0.4 is 15.5 Å². The number of benzene rings is 2. The summed E-state index contributed by atoms with van der Waals surface area (Å²) in [7, 11) is -2.95. The van der Waals surface area contributed by atoms with Crippen LogP contribution in [0.2, 0.25) is 0 Å². The molecule has 0 bridgehead atoms. The Labute approximate surface area is 217 Å². The molecule has 2 aromatic carbocycles. The van der Waals surface area contributed by atoms with Crippen LogP contribution in [-0.2, 0) is 9.84 Å². The summed E-state index contributed by atoms with van der Waals surface area (Å²) >= 11 is 0. The molecule has 37 heavy (non-hydrogen) atoms. The normalized spacial score (nSPS) is 19.7. The van der Waals surface area contributed by atoms with Gasteiger partial charge in [0.15, 0.2) is 9.84 Å². The lowest BCUT2D eigenvalue weighted by Crippen LogP contribution is -2.40. The van der Waals surface area contributed by atoms with E-state index in [9.17, 15) is 12.8 Å². The second-order valence-corrected chi connectivity index (χ2v) is 12.0. The quantitative estimate of drug-likeness (QED) is 0.510. The number of hydrogen-bond donors (Lipinski definition) is 2. The molecule has 5 rings (SSSR count). The van der Waals surface area contributed by atoms with E-state index in [0.29, 0.717) is 36.1 Å². The monoisotopic (exact) mass is 522 g/mol. The Morgan fingerprint density at radius 3 is 2.54 bits per heavy atom. The van der Waals surface area contributed by atoms with Gasteiger partial charge < -0.3 is 15.5 Å². The molecule has 1 unspecified atom stereocenters. The van der Waals surface area contributed by atoms with Gasteiger partial charge in [0.05, 0.1) is 28.5 Å². The van der Waals surface area contributed by atoms with Crippen molar-refractivity contribution in [1.29, 1.82) is 5.26 Å². The number of nitriles is 1. The number of hydrogen-bond acceptors (Lipinski definition) is 7. The lowest BCUT2D eigenvalue weighted by atomic mass is 10.0. The maximum absolute atomic E-state index is 14.5. The molecule has 2 aliphatic heterocycles. The molecule has 0 radical (unpaired) electrons. The number of sulfone groups is 1. The Balaban J connectivity index is 1.42. The van der Waals surface area contributed by atoms with E-state index in [4.69, 9.17) is 10.4 Å². The van der Waals surface area contributed by atoms with Gasteiger partial charge in [-0.2, -0.15) is 5.26 Å². The summed E-state index contributed by atoms with van der Waals surface area (Å²) in [6, 6.07) is 16.2. The van der Waals surface area contributed by atoms with E-state index in [-0.39, 0.29) is 17.1 Å². The standard InChI is InChI=1S/C27H31FN6O2S/c28-25-16-21(3-4-22(25)18-29)26-17-27(31-19-20-2-1-10-30-11-9-20)32-34(26)24-7-5-23(6-8-24)33-12-14-37(35,36)15-13-33/h3-8,16-17,20,30H,1-2,9-15,19H2,(H,31,32). The Morgan fingerprint density at radius 2 is 1.81 bits per heavy atom. The smallest absolute Gasteiger partial charge is 0.153 e. The van der Waals surface area contributed by atoms with E-state index in [0.717, 1.165) is 50.3 Å². The molecule has 2 saturated heterocycles. The van der Waals surface area contributed by atoms with Crippen molar-refractivity contribution >= 4 is 21.3 Å². The molecule has 10 heteroatoms. The third-order valence-corrected chi connectivity index (χ3v) is 8.77. The van der Waals surface area contributed by atoms with Crippen LogP contribution in [0.5, 0.6) is 0 Å². The highest BCUT2D eigenvalue weighted by Gasteiger charge is 2.22. The van der Waals surface area contributed by atoms with Gasteiger partial charge in [0.2, 0.25) is 0 Å². The molecule has 1 atom stereocenters. The first kappa shape index (κ1) is 25.2. The number of nitrogens with one attached hydrogen (secondary N) is 2. The van der Waals surface area contributed by atoms with Crippen LogP contribution in [-0.4, -0.2) is 62.4 Å². The molecule has 0 spiro atoms. The predicted octanol–water partition coefficient (Wildman–Crippen LogP) is 3.59. The summed E-state index contributed by atoms with van der Waals surface area (Å²) in [5.74, 6) is 1.03. The van der Waals surface area contributed by atoms with E-state index < -0.39 is 15.7 Å². The van der Waals surface area contributed by atoms with Crippen molar-refractivity contribution in [2.75, 3.05) is 54.4 Å². The van der Waals surface area contributed by atoms with E-state index in [1.165, 1.54) is 12.1 Å². The minimum atomic E-state index is -2.95. The topological polar surface area (TPSA) is 103 Å². The Kier molecular flexibility index (Phi) is 7.44. The second kappa shape index (κ2) is 10.9. The molecular formula is C27H31FN6O2S. The van der Waals surface area contributed by atoms with E-state index in [1.54, 1.807) is 10.7 Å². The summed E-state index contributed by atoms with van der Waals surface area (Å²) in [5, 5.41) is 20.9. The van der Waals surface area contributed by atoms with E-state index >= 15 is 0 Å². The van der Waals surface area contributed by atoms with Crippen LogP contribution in [0, 0.1) is 23.1 Å². The summed E-state index contributed by atoms with van der Waals surface area (Å²) in [6.07, 6.45) is 3.43. The van der Waals surface area contributed by atoms with Crippen LogP contribution >= 0.6 is 0 Å². The lowest BCUT2D eigenvalue weighted by Gasteiger charge is -2.28. The molecule has 2 aliphatic rings. The summed E-state index contributed by atoms with van der Waals surface area (Å²) in [4.78, 5) is 2.07. The summed E-state index contributed by atoms with van der Waals surface area (Å²) < 4.78 is 39.8. The highest BCUT2D eigenvalue weighted by Crippen LogP contribution is 2.29. The van der Waals surface area contributed by atoms with Gasteiger partial charge in [0.1, 0.15) is 17.7 Å². The largest absolute Gasteiger partial charge is 0.369 e. The van der Waals surface area contributed by atoms with Crippen molar-refractivity contribution in [3.63, 3.8) is 0 Å². The lowest BCUT2D eigenvalue weighted by molar-refractivity contribution is 0.496. The molecule has 2 fully saturated rings. The van der Waals surface area contributed by atoms with Crippen molar-refractivity contribution < 1.29 is 12.8 Å². The van der Waals surface area contributed by atoms with Crippen LogP contribution in [0.3, 0.4) is 0 Å². The SMILES string of the molecule is N#Cc1ccc(-c2cc(NCC3CCCNCC3)nn2-c2ccc(N3CCS(=O)(=O)CC3)cc2)cc1F. The molecule has 3 heterocycles. The molecule has 0 aliphatic carbocycles. The summed E-state index contributed by atoms with van der Waals surface area (Å²) in [5.41, 5.74) is 3.10. The minimum Gasteiger partial charge on any atom is -0.369 e. The molecule has 2 N–H and O–H groups in total. The van der Waals surface area contributed by atoms with Crippen molar-refractivity contribution in [2.45, 2.75) is 19.3 Å². The van der Waals surface area contributed by atoms with Crippen molar-refractivity contribution in [3.8, 4) is 23.0 Å². The number of nitrogens with zero attached hydrogens (tertiary/aromatic N) is 4. The van der Waals surface area contributed by atoms with Crippen LogP contribution in [0.15, 0.2) is 48.5 Å². The highest BCUT2D eigenvalue weighted by molar-refractivity contribution is 7.91. The average Bonchev–Trinajstić information content (AvgIpc) is 3.15. The van der Waals surface area contributed by atoms with Gasteiger partial charge in [-0.05, 0) is 74.7 Å². The molecule has 1 aromatic heterocycles. The zero-order valence-corrected chi connectivity index (χ0v) is 21.5. The third-order valence-electron chi connectivity index (χ3n) is 7.17. The molecule has 0 amide bonds. The van der Waals surface area contributed by atoms with E-state index in [2.05, 4.69) is 15.5 Å².